The van der Waals surface area contributed by atoms with Gasteiger partial charge in [-0.2, -0.15) is 0 Å². The van der Waals surface area contributed by atoms with Crippen LogP contribution in [-0.2, 0) is 4.79 Å². The normalized spacial score (nSPS) is 14.5. The molecule has 0 atom stereocenters. The Morgan fingerprint density at radius 1 is 1.12 bits per heavy atom. The molecule has 7 nitrogen and oxygen atoms in total. The van der Waals surface area contributed by atoms with Gasteiger partial charge in [-0.1, -0.05) is 6.92 Å². The SMILES string of the molecule is CCC(=O)N1CCN(c2cc(Nc3cc(C)ccn3)nc(C)n2)CC1. The van der Waals surface area contributed by atoms with Crippen molar-refractivity contribution in [2.75, 3.05) is 36.4 Å². The number of carbonyl (C=O) groups excluding carboxylic acids is 1. The molecule has 0 bridgehead atoms. The predicted octanol–water partition coefficient (Wildman–Crippen LogP) is 2.29. The quantitative estimate of drug-likeness (QED) is 0.920. The Morgan fingerprint density at radius 2 is 1.88 bits per heavy atom. The van der Waals surface area contributed by atoms with Crippen LogP contribution in [0.4, 0.5) is 17.5 Å². The summed E-state index contributed by atoms with van der Waals surface area (Å²) in [6.07, 6.45) is 2.33. The molecule has 132 valence electrons. The number of nitrogens with one attached hydrogen (secondary N) is 1. The maximum Gasteiger partial charge on any atom is 0.222 e. The summed E-state index contributed by atoms with van der Waals surface area (Å²) in [6, 6.07) is 5.87. The van der Waals surface area contributed by atoms with Crippen LogP contribution in [0.2, 0.25) is 0 Å². The van der Waals surface area contributed by atoms with Crippen LogP contribution in [0.3, 0.4) is 0 Å². The summed E-state index contributed by atoms with van der Waals surface area (Å²) in [5, 5.41) is 3.25. The highest BCUT2D eigenvalue weighted by Gasteiger charge is 2.21. The van der Waals surface area contributed by atoms with E-state index in [-0.39, 0.29) is 5.91 Å². The minimum atomic E-state index is 0.214. The van der Waals surface area contributed by atoms with Crippen LogP contribution in [0, 0.1) is 13.8 Å². The van der Waals surface area contributed by atoms with Crippen molar-refractivity contribution in [2.24, 2.45) is 0 Å². The van der Waals surface area contributed by atoms with Gasteiger partial charge in [0.25, 0.3) is 0 Å². The highest BCUT2D eigenvalue weighted by atomic mass is 16.2. The van der Waals surface area contributed by atoms with Gasteiger partial charge in [0.05, 0.1) is 0 Å². The van der Waals surface area contributed by atoms with Gasteiger partial charge in [0.1, 0.15) is 23.3 Å². The molecule has 0 unspecified atom stereocenters. The lowest BCUT2D eigenvalue weighted by Gasteiger charge is -2.35. The maximum absolute atomic E-state index is 11.8. The first-order chi connectivity index (χ1) is 12.0. The van der Waals surface area contributed by atoms with Crippen molar-refractivity contribution in [2.45, 2.75) is 27.2 Å². The zero-order chi connectivity index (χ0) is 17.8. The van der Waals surface area contributed by atoms with Crippen molar-refractivity contribution in [3.63, 3.8) is 0 Å². The zero-order valence-electron chi connectivity index (χ0n) is 15.0. The molecule has 25 heavy (non-hydrogen) atoms. The summed E-state index contributed by atoms with van der Waals surface area (Å²) < 4.78 is 0. The average Bonchev–Trinajstić information content (AvgIpc) is 2.60. The number of pyridine rings is 1. The molecule has 1 N–H and O–H groups in total. The second kappa shape index (κ2) is 7.46. The molecule has 1 fully saturated rings. The topological polar surface area (TPSA) is 74.2 Å². The Hall–Kier alpha value is -2.70. The predicted molar refractivity (Wildman–Crippen MR) is 98.1 cm³/mol. The Kier molecular flexibility index (Phi) is 5.11. The molecular weight excluding hydrogens is 316 g/mol. The third-order valence-electron chi connectivity index (χ3n) is 4.25. The number of hydrogen-bond donors (Lipinski definition) is 1. The minimum absolute atomic E-state index is 0.214. The second-order valence-corrected chi connectivity index (χ2v) is 6.22. The minimum Gasteiger partial charge on any atom is -0.353 e. The maximum atomic E-state index is 11.8. The third kappa shape index (κ3) is 4.23. The zero-order valence-corrected chi connectivity index (χ0v) is 15.0. The monoisotopic (exact) mass is 340 g/mol. The van der Waals surface area contributed by atoms with Gasteiger partial charge >= 0.3 is 0 Å². The molecule has 0 radical (unpaired) electrons. The Bertz CT molecular complexity index is 755. The standard InChI is InChI=1S/C18H24N6O/c1-4-18(25)24-9-7-23(8-10-24)17-12-16(20-14(3)21-17)22-15-11-13(2)5-6-19-15/h5-6,11-12H,4,7-10H2,1-3H3,(H,19,20,21,22). The molecule has 1 saturated heterocycles. The number of amides is 1. The van der Waals surface area contributed by atoms with E-state index in [9.17, 15) is 4.79 Å². The largest absolute Gasteiger partial charge is 0.353 e. The van der Waals surface area contributed by atoms with E-state index in [2.05, 4.69) is 25.2 Å². The molecule has 1 aliphatic heterocycles. The van der Waals surface area contributed by atoms with Gasteiger partial charge in [-0.15, -0.1) is 0 Å². The fraction of sp³-hybridized carbons (Fsp3) is 0.444. The van der Waals surface area contributed by atoms with Crippen LogP contribution in [0.25, 0.3) is 0 Å². The number of nitrogens with zero attached hydrogens (tertiary/aromatic N) is 5. The van der Waals surface area contributed by atoms with Crippen molar-refractivity contribution in [1.29, 1.82) is 0 Å². The molecule has 0 spiro atoms. The summed E-state index contributed by atoms with van der Waals surface area (Å²) in [7, 11) is 0. The van der Waals surface area contributed by atoms with E-state index in [1.165, 1.54) is 0 Å². The van der Waals surface area contributed by atoms with Gasteiger partial charge in [-0.25, -0.2) is 15.0 Å². The lowest BCUT2D eigenvalue weighted by Crippen LogP contribution is -2.48. The van der Waals surface area contributed by atoms with Crippen LogP contribution in [0.1, 0.15) is 24.7 Å². The first kappa shape index (κ1) is 17.1. The molecule has 0 aliphatic carbocycles. The van der Waals surface area contributed by atoms with Crippen molar-refractivity contribution < 1.29 is 4.79 Å². The number of rotatable bonds is 4. The molecule has 0 aromatic carbocycles. The van der Waals surface area contributed by atoms with Crippen LogP contribution in [-0.4, -0.2) is 51.9 Å². The first-order valence-electron chi connectivity index (χ1n) is 8.63. The van der Waals surface area contributed by atoms with Crippen molar-refractivity contribution in [3.8, 4) is 0 Å². The Morgan fingerprint density at radius 3 is 2.56 bits per heavy atom. The fourth-order valence-corrected chi connectivity index (χ4v) is 2.92. The molecule has 2 aromatic heterocycles. The fourth-order valence-electron chi connectivity index (χ4n) is 2.92. The van der Waals surface area contributed by atoms with E-state index in [0.29, 0.717) is 12.2 Å². The number of carbonyl (C=O) groups is 1. The number of aryl methyl sites for hydroxylation is 2. The highest BCUT2D eigenvalue weighted by molar-refractivity contribution is 5.76. The molecule has 7 heteroatoms. The number of anilines is 3. The summed E-state index contributed by atoms with van der Waals surface area (Å²) in [4.78, 5) is 29.3. The van der Waals surface area contributed by atoms with E-state index < -0.39 is 0 Å². The van der Waals surface area contributed by atoms with Crippen LogP contribution in [0.15, 0.2) is 24.4 Å². The van der Waals surface area contributed by atoms with Crippen LogP contribution >= 0.6 is 0 Å². The van der Waals surface area contributed by atoms with Crippen LogP contribution < -0.4 is 10.2 Å². The average molecular weight is 340 g/mol. The molecule has 1 aliphatic rings. The lowest BCUT2D eigenvalue weighted by molar-refractivity contribution is -0.131. The summed E-state index contributed by atoms with van der Waals surface area (Å²) in [6.45, 7) is 8.85. The molecule has 0 saturated carbocycles. The molecule has 1 amide bonds. The molecule has 2 aromatic rings. The van der Waals surface area contributed by atoms with Gasteiger partial charge in [-0.3, -0.25) is 4.79 Å². The van der Waals surface area contributed by atoms with Crippen molar-refractivity contribution in [1.82, 2.24) is 19.9 Å². The summed E-state index contributed by atoms with van der Waals surface area (Å²) in [5.41, 5.74) is 1.14. The number of aromatic nitrogens is 3. The van der Waals surface area contributed by atoms with E-state index in [1.807, 2.05) is 43.9 Å². The first-order valence-corrected chi connectivity index (χ1v) is 8.63. The van der Waals surface area contributed by atoms with E-state index >= 15 is 0 Å². The lowest BCUT2D eigenvalue weighted by atomic mass is 10.2. The molecular formula is C18H24N6O. The van der Waals surface area contributed by atoms with Crippen molar-refractivity contribution >= 4 is 23.4 Å². The Labute approximate surface area is 148 Å². The number of hydrogen-bond acceptors (Lipinski definition) is 6. The van der Waals surface area contributed by atoms with E-state index in [0.717, 1.165) is 49.2 Å². The van der Waals surface area contributed by atoms with E-state index in [1.54, 1.807) is 6.20 Å². The Balaban J connectivity index is 1.73. The second-order valence-electron chi connectivity index (χ2n) is 6.22. The number of piperazine rings is 1. The molecule has 3 heterocycles. The van der Waals surface area contributed by atoms with Gasteiger partial charge < -0.3 is 15.1 Å². The summed E-state index contributed by atoms with van der Waals surface area (Å²) in [5.74, 6) is 3.30. The van der Waals surface area contributed by atoms with E-state index in [4.69, 9.17) is 0 Å². The molecule has 3 rings (SSSR count). The van der Waals surface area contributed by atoms with Gasteiger partial charge in [-0.05, 0) is 31.5 Å². The van der Waals surface area contributed by atoms with Crippen molar-refractivity contribution in [3.05, 3.63) is 35.8 Å². The highest BCUT2D eigenvalue weighted by Crippen LogP contribution is 2.20. The van der Waals surface area contributed by atoms with Gasteiger partial charge in [0, 0.05) is 44.9 Å². The summed E-state index contributed by atoms with van der Waals surface area (Å²) >= 11 is 0. The smallest absolute Gasteiger partial charge is 0.222 e. The third-order valence-corrected chi connectivity index (χ3v) is 4.25. The van der Waals surface area contributed by atoms with Gasteiger partial charge in [0.15, 0.2) is 0 Å². The van der Waals surface area contributed by atoms with Gasteiger partial charge in [0.2, 0.25) is 5.91 Å². The van der Waals surface area contributed by atoms with Crippen LogP contribution in [0.5, 0.6) is 0 Å².